The summed E-state index contributed by atoms with van der Waals surface area (Å²) in [5.74, 6) is -2.94. The number of thioether (sulfide) groups is 1. The lowest BCUT2D eigenvalue weighted by Gasteiger charge is -2.21. The molecule has 0 saturated carbocycles. The number of carbonyl (C=O) groups is 4. The number of carboxylic acids is 1. The molecule has 1 aliphatic rings. The van der Waals surface area contributed by atoms with Crippen molar-refractivity contribution in [1.29, 1.82) is 0 Å². The summed E-state index contributed by atoms with van der Waals surface area (Å²) in [6.45, 7) is 1.52. The van der Waals surface area contributed by atoms with Crippen LogP contribution >= 0.6 is 11.8 Å². The number of hydrogen-bond donors (Lipinski definition) is 3. The molecule has 0 bridgehead atoms. The monoisotopic (exact) mass is 500 g/mol. The Hall–Kier alpha value is -3.53. The number of carboxylic acid groups (broad SMARTS) is 1. The van der Waals surface area contributed by atoms with E-state index >= 15 is 0 Å². The van der Waals surface area contributed by atoms with Crippen molar-refractivity contribution in [2.75, 3.05) is 25.2 Å². The zero-order valence-corrected chi connectivity index (χ0v) is 20.3. The second kappa shape index (κ2) is 12.3. The Bertz CT molecular complexity index is 1050. The van der Waals surface area contributed by atoms with Gasteiger partial charge in [-0.15, -0.1) is 0 Å². The van der Waals surface area contributed by atoms with E-state index in [9.17, 15) is 24.3 Å². The highest BCUT2D eigenvalue weighted by Crippen LogP contribution is 2.44. The molecule has 0 fully saturated rings. The first-order chi connectivity index (χ1) is 16.9. The molecule has 186 valence electrons. The quantitative estimate of drug-likeness (QED) is 0.317. The number of alkyl carbamates (subject to hydrolysis) is 1. The summed E-state index contributed by atoms with van der Waals surface area (Å²) >= 11 is 1.42. The van der Waals surface area contributed by atoms with E-state index in [1.165, 1.54) is 11.8 Å². The third-order valence-corrected chi connectivity index (χ3v) is 6.26. The molecule has 3 rings (SSSR count). The summed E-state index contributed by atoms with van der Waals surface area (Å²) in [7, 11) is 0. The second-order valence-corrected chi connectivity index (χ2v) is 8.82. The number of fused-ring (bicyclic) bond motifs is 3. The molecule has 2 aromatic rings. The number of aliphatic carboxylic acids is 1. The minimum Gasteiger partial charge on any atom is -0.480 e. The predicted octanol–water partition coefficient (Wildman–Crippen LogP) is 2.78. The van der Waals surface area contributed by atoms with Crippen LogP contribution in [0.2, 0.25) is 0 Å². The Balaban J connectivity index is 1.69. The van der Waals surface area contributed by atoms with Gasteiger partial charge in [0.2, 0.25) is 6.04 Å². The van der Waals surface area contributed by atoms with Gasteiger partial charge in [0.15, 0.2) is 0 Å². The molecule has 10 heteroatoms. The Morgan fingerprint density at radius 1 is 0.971 bits per heavy atom. The molecular formula is C25H28N2O7S. The highest BCUT2D eigenvalue weighted by Gasteiger charge is 2.34. The lowest BCUT2D eigenvalue weighted by atomic mass is 9.98. The smallest absolute Gasteiger partial charge is 0.408 e. The molecule has 2 atom stereocenters. The van der Waals surface area contributed by atoms with Gasteiger partial charge in [-0.2, -0.15) is 11.8 Å². The van der Waals surface area contributed by atoms with Crippen LogP contribution in [0.25, 0.3) is 11.1 Å². The zero-order chi connectivity index (χ0) is 25.4. The molecule has 2 unspecified atom stereocenters. The zero-order valence-electron chi connectivity index (χ0n) is 19.5. The maximum atomic E-state index is 12.7. The molecule has 1 aliphatic carbocycles. The van der Waals surface area contributed by atoms with Crippen molar-refractivity contribution in [3.05, 3.63) is 59.7 Å². The largest absolute Gasteiger partial charge is 0.480 e. The summed E-state index contributed by atoms with van der Waals surface area (Å²) in [4.78, 5) is 49.2. The average Bonchev–Trinajstić information content (AvgIpc) is 3.17. The van der Waals surface area contributed by atoms with Crippen LogP contribution in [0.4, 0.5) is 4.79 Å². The van der Waals surface area contributed by atoms with Gasteiger partial charge in [-0.3, -0.25) is 10.1 Å². The van der Waals surface area contributed by atoms with Crippen LogP contribution in [0.1, 0.15) is 30.4 Å². The van der Waals surface area contributed by atoms with Crippen LogP contribution in [0.5, 0.6) is 0 Å². The van der Waals surface area contributed by atoms with Gasteiger partial charge in [-0.05, 0) is 47.6 Å². The van der Waals surface area contributed by atoms with E-state index in [1.807, 2.05) is 48.5 Å². The number of rotatable bonds is 11. The van der Waals surface area contributed by atoms with Crippen molar-refractivity contribution >= 4 is 35.7 Å². The number of ether oxygens (including phenoxy) is 2. The first-order valence-corrected chi connectivity index (χ1v) is 12.6. The van der Waals surface area contributed by atoms with Crippen LogP contribution < -0.4 is 10.6 Å². The van der Waals surface area contributed by atoms with Gasteiger partial charge >= 0.3 is 18.0 Å². The molecule has 0 radical (unpaired) electrons. The lowest BCUT2D eigenvalue weighted by Crippen LogP contribution is -2.55. The van der Waals surface area contributed by atoms with Crippen molar-refractivity contribution in [3.8, 4) is 11.1 Å². The normalized spacial score (nSPS) is 13.7. The van der Waals surface area contributed by atoms with E-state index in [0.717, 1.165) is 22.3 Å². The van der Waals surface area contributed by atoms with Gasteiger partial charge in [-0.25, -0.2) is 14.4 Å². The first-order valence-electron chi connectivity index (χ1n) is 11.2. The molecule has 9 nitrogen and oxygen atoms in total. The molecule has 3 N–H and O–H groups in total. The van der Waals surface area contributed by atoms with E-state index in [-0.39, 0.29) is 25.6 Å². The van der Waals surface area contributed by atoms with Gasteiger partial charge in [0, 0.05) is 5.92 Å². The molecule has 2 aromatic carbocycles. The summed E-state index contributed by atoms with van der Waals surface area (Å²) in [5.41, 5.74) is 4.15. The third-order valence-electron chi connectivity index (χ3n) is 5.62. The maximum absolute atomic E-state index is 12.7. The van der Waals surface area contributed by atoms with E-state index in [1.54, 1.807) is 13.2 Å². The Kier molecular flexibility index (Phi) is 9.13. The fourth-order valence-electron chi connectivity index (χ4n) is 3.96. The Morgan fingerprint density at radius 2 is 1.57 bits per heavy atom. The van der Waals surface area contributed by atoms with Crippen molar-refractivity contribution in [1.82, 2.24) is 10.6 Å². The van der Waals surface area contributed by atoms with E-state index in [4.69, 9.17) is 9.47 Å². The van der Waals surface area contributed by atoms with Crippen molar-refractivity contribution in [2.24, 2.45) is 0 Å². The molecule has 0 aromatic heterocycles. The molecule has 2 amide bonds. The number of amides is 2. The van der Waals surface area contributed by atoms with Crippen molar-refractivity contribution < 1.29 is 33.8 Å². The van der Waals surface area contributed by atoms with Gasteiger partial charge in [0.25, 0.3) is 5.91 Å². The molecule has 0 aliphatic heterocycles. The van der Waals surface area contributed by atoms with Gasteiger partial charge in [0.1, 0.15) is 12.6 Å². The molecule has 0 spiro atoms. The van der Waals surface area contributed by atoms with Crippen LogP contribution in [0.3, 0.4) is 0 Å². The number of hydrogen-bond acceptors (Lipinski definition) is 7. The van der Waals surface area contributed by atoms with Crippen LogP contribution in [0.15, 0.2) is 48.5 Å². The minimum absolute atomic E-state index is 0.0114. The number of nitrogens with one attached hydrogen (secondary N) is 2. The summed E-state index contributed by atoms with van der Waals surface area (Å²) in [5, 5.41) is 13.9. The van der Waals surface area contributed by atoms with Crippen molar-refractivity contribution in [2.45, 2.75) is 31.3 Å². The van der Waals surface area contributed by atoms with Crippen LogP contribution in [0, 0.1) is 0 Å². The topological polar surface area (TPSA) is 131 Å². The third kappa shape index (κ3) is 6.33. The highest BCUT2D eigenvalue weighted by atomic mass is 32.2. The summed E-state index contributed by atoms with van der Waals surface area (Å²) < 4.78 is 10.3. The standard InChI is InChI=1S/C25H28N2O7S/c1-3-33-24(31)21(22(28)26-20(23(29)30)12-13-35-2)27-25(32)34-14-19-17-10-6-4-8-15(17)16-9-5-7-11-18(16)19/h4-11,19-21H,3,12-14H2,1-2H3,(H,26,28)(H,27,32)(H,29,30). The Labute approximate surface area is 207 Å². The van der Waals surface area contributed by atoms with Gasteiger partial charge in [-0.1, -0.05) is 48.5 Å². The lowest BCUT2D eigenvalue weighted by molar-refractivity contribution is -0.151. The predicted molar refractivity (Wildman–Crippen MR) is 131 cm³/mol. The minimum atomic E-state index is -1.75. The van der Waals surface area contributed by atoms with E-state index in [0.29, 0.717) is 5.75 Å². The molecular weight excluding hydrogens is 472 g/mol. The van der Waals surface area contributed by atoms with Crippen LogP contribution in [-0.2, 0) is 23.9 Å². The summed E-state index contributed by atoms with van der Waals surface area (Å²) in [6, 6.07) is 12.7. The van der Waals surface area contributed by atoms with E-state index < -0.39 is 36.0 Å². The number of carbonyl (C=O) groups excluding carboxylic acids is 3. The first kappa shape index (κ1) is 26.1. The highest BCUT2D eigenvalue weighted by molar-refractivity contribution is 7.98. The van der Waals surface area contributed by atoms with Crippen LogP contribution in [-0.4, -0.2) is 66.4 Å². The fraction of sp³-hybridized carbons (Fsp3) is 0.360. The maximum Gasteiger partial charge on any atom is 0.408 e. The summed E-state index contributed by atoms with van der Waals surface area (Å²) in [6.07, 6.45) is 0.972. The number of esters is 1. The van der Waals surface area contributed by atoms with Gasteiger partial charge in [0.05, 0.1) is 6.61 Å². The molecule has 0 heterocycles. The fourth-order valence-corrected chi connectivity index (χ4v) is 4.43. The van der Waals surface area contributed by atoms with E-state index in [2.05, 4.69) is 10.6 Å². The second-order valence-electron chi connectivity index (χ2n) is 7.84. The van der Waals surface area contributed by atoms with Crippen molar-refractivity contribution in [3.63, 3.8) is 0 Å². The molecule has 0 saturated heterocycles. The average molecular weight is 501 g/mol. The molecule has 35 heavy (non-hydrogen) atoms. The Morgan fingerprint density at radius 3 is 2.11 bits per heavy atom. The SMILES string of the molecule is CCOC(=O)C(NC(=O)OCC1c2ccccc2-c2ccccc21)C(=O)NC(CCSC)C(=O)O. The van der Waals surface area contributed by atoms with Gasteiger partial charge < -0.3 is 19.9 Å². The number of benzene rings is 2.